The molecule has 0 aromatic carbocycles. The predicted octanol–water partition coefficient (Wildman–Crippen LogP) is 3.22. The monoisotopic (exact) mass is 245 g/mol. The average Bonchev–Trinajstić information content (AvgIpc) is 2.09. The van der Waals surface area contributed by atoms with Crippen molar-refractivity contribution in [1.82, 2.24) is 5.32 Å². The molecule has 0 saturated heterocycles. The van der Waals surface area contributed by atoms with Crippen LogP contribution in [0, 0.1) is 11.3 Å². The average molecular weight is 245 g/mol. The van der Waals surface area contributed by atoms with Crippen molar-refractivity contribution in [2.45, 2.75) is 46.5 Å². The SMILES string of the molecule is COCCNCC(C)(C[Si](C)(C)C)C(C)C. The highest BCUT2D eigenvalue weighted by Gasteiger charge is 2.33. The summed E-state index contributed by atoms with van der Waals surface area (Å²) in [4.78, 5) is 0. The van der Waals surface area contributed by atoms with Gasteiger partial charge in [0.25, 0.3) is 0 Å². The third-order valence-corrected chi connectivity index (χ3v) is 5.21. The van der Waals surface area contributed by atoms with Crippen molar-refractivity contribution in [1.29, 1.82) is 0 Å². The number of rotatable bonds is 8. The molecule has 16 heavy (non-hydrogen) atoms. The van der Waals surface area contributed by atoms with Gasteiger partial charge in [-0.3, -0.25) is 0 Å². The normalized spacial score (nSPS) is 16.5. The molecule has 0 aromatic heterocycles. The Balaban J connectivity index is 4.23. The van der Waals surface area contributed by atoms with Gasteiger partial charge in [0.1, 0.15) is 0 Å². The van der Waals surface area contributed by atoms with Gasteiger partial charge in [-0.25, -0.2) is 0 Å². The Bertz CT molecular complexity index is 189. The zero-order valence-corrected chi connectivity index (χ0v) is 13.3. The van der Waals surface area contributed by atoms with Crippen molar-refractivity contribution in [3.63, 3.8) is 0 Å². The maximum Gasteiger partial charge on any atom is 0.0587 e. The molecule has 0 aromatic rings. The summed E-state index contributed by atoms with van der Waals surface area (Å²) in [6, 6.07) is 1.39. The first kappa shape index (κ1) is 16.1. The summed E-state index contributed by atoms with van der Waals surface area (Å²) < 4.78 is 5.06. The van der Waals surface area contributed by atoms with E-state index in [1.807, 2.05) is 0 Å². The molecule has 0 rings (SSSR count). The van der Waals surface area contributed by atoms with E-state index in [1.54, 1.807) is 7.11 Å². The smallest absolute Gasteiger partial charge is 0.0587 e. The molecular formula is C13H31NOSi. The van der Waals surface area contributed by atoms with Crippen LogP contribution in [0.3, 0.4) is 0 Å². The van der Waals surface area contributed by atoms with Gasteiger partial charge in [-0.15, -0.1) is 0 Å². The third kappa shape index (κ3) is 6.66. The van der Waals surface area contributed by atoms with E-state index in [4.69, 9.17) is 4.74 Å². The Labute approximate surface area is 103 Å². The highest BCUT2D eigenvalue weighted by Crippen LogP contribution is 2.35. The van der Waals surface area contributed by atoms with Gasteiger partial charge in [0.15, 0.2) is 0 Å². The first-order chi connectivity index (χ1) is 7.21. The van der Waals surface area contributed by atoms with Crippen molar-refractivity contribution in [2.75, 3.05) is 26.8 Å². The largest absolute Gasteiger partial charge is 0.383 e. The second kappa shape index (κ2) is 6.77. The van der Waals surface area contributed by atoms with Crippen molar-refractivity contribution in [3.8, 4) is 0 Å². The molecule has 1 unspecified atom stereocenters. The van der Waals surface area contributed by atoms with Gasteiger partial charge in [0.2, 0.25) is 0 Å². The summed E-state index contributed by atoms with van der Waals surface area (Å²) in [5.74, 6) is 0.731. The van der Waals surface area contributed by atoms with Crippen LogP contribution in [0.1, 0.15) is 20.8 Å². The molecule has 2 nitrogen and oxygen atoms in total. The van der Waals surface area contributed by atoms with Crippen LogP contribution in [0.5, 0.6) is 0 Å². The van der Waals surface area contributed by atoms with Crippen LogP contribution >= 0.6 is 0 Å². The second-order valence-corrected chi connectivity index (χ2v) is 12.2. The number of ether oxygens (including phenoxy) is 1. The summed E-state index contributed by atoms with van der Waals surface area (Å²) in [6.45, 7) is 17.4. The van der Waals surface area contributed by atoms with Gasteiger partial charge in [0, 0.05) is 28.3 Å². The molecule has 0 bridgehead atoms. The Morgan fingerprint density at radius 1 is 1.25 bits per heavy atom. The van der Waals surface area contributed by atoms with Crippen LogP contribution in [0.15, 0.2) is 0 Å². The predicted molar refractivity (Wildman–Crippen MR) is 75.8 cm³/mol. The summed E-state index contributed by atoms with van der Waals surface area (Å²) in [5, 5.41) is 3.53. The van der Waals surface area contributed by atoms with E-state index in [0.29, 0.717) is 5.41 Å². The minimum absolute atomic E-state index is 0.429. The highest BCUT2D eigenvalue weighted by atomic mass is 28.3. The van der Waals surface area contributed by atoms with E-state index in [0.717, 1.165) is 25.6 Å². The summed E-state index contributed by atoms with van der Waals surface area (Å²) in [5.41, 5.74) is 0.429. The fourth-order valence-electron chi connectivity index (χ4n) is 2.23. The van der Waals surface area contributed by atoms with Gasteiger partial charge >= 0.3 is 0 Å². The van der Waals surface area contributed by atoms with Crippen LogP contribution < -0.4 is 5.32 Å². The Kier molecular flexibility index (Phi) is 6.83. The van der Waals surface area contributed by atoms with E-state index >= 15 is 0 Å². The van der Waals surface area contributed by atoms with Crippen LogP contribution in [0.4, 0.5) is 0 Å². The Morgan fingerprint density at radius 2 is 1.81 bits per heavy atom. The molecule has 0 fully saturated rings. The maximum absolute atomic E-state index is 5.06. The zero-order chi connectivity index (χ0) is 12.8. The molecule has 0 aliphatic rings. The van der Waals surface area contributed by atoms with Crippen molar-refractivity contribution in [2.24, 2.45) is 11.3 Å². The quantitative estimate of drug-likeness (QED) is 0.524. The lowest BCUT2D eigenvalue weighted by atomic mass is 9.81. The molecule has 0 aliphatic heterocycles. The molecule has 0 radical (unpaired) electrons. The van der Waals surface area contributed by atoms with Crippen LogP contribution in [-0.2, 0) is 4.74 Å². The number of methoxy groups -OCH3 is 1. The third-order valence-electron chi connectivity index (χ3n) is 3.34. The van der Waals surface area contributed by atoms with E-state index in [1.165, 1.54) is 6.04 Å². The molecule has 0 saturated carbocycles. The standard InChI is InChI=1S/C13H31NOSi/c1-12(2)13(3,11-16(5,6)7)10-14-8-9-15-4/h12,14H,8-11H2,1-7H3. The minimum Gasteiger partial charge on any atom is -0.383 e. The molecule has 0 amide bonds. The van der Waals surface area contributed by atoms with E-state index < -0.39 is 8.07 Å². The molecule has 1 N–H and O–H groups in total. The van der Waals surface area contributed by atoms with Gasteiger partial charge in [-0.05, 0) is 11.3 Å². The van der Waals surface area contributed by atoms with Gasteiger partial charge in [-0.2, -0.15) is 0 Å². The number of hydrogen-bond acceptors (Lipinski definition) is 2. The molecule has 0 spiro atoms. The first-order valence-electron chi connectivity index (χ1n) is 6.41. The van der Waals surface area contributed by atoms with Crippen LogP contribution in [0.25, 0.3) is 0 Å². The van der Waals surface area contributed by atoms with E-state index in [2.05, 4.69) is 45.7 Å². The lowest BCUT2D eigenvalue weighted by Gasteiger charge is -2.38. The topological polar surface area (TPSA) is 21.3 Å². The number of hydrogen-bond donors (Lipinski definition) is 1. The zero-order valence-electron chi connectivity index (χ0n) is 12.3. The lowest BCUT2D eigenvalue weighted by molar-refractivity contribution is 0.184. The minimum atomic E-state index is -0.995. The summed E-state index contributed by atoms with van der Waals surface area (Å²) >= 11 is 0. The van der Waals surface area contributed by atoms with E-state index in [-0.39, 0.29) is 0 Å². The molecule has 0 aliphatic carbocycles. The molecular weight excluding hydrogens is 214 g/mol. The molecule has 1 atom stereocenters. The molecule has 3 heteroatoms. The fraction of sp³-hybridized carbons (Fsp3) is 1.00. The summed E-state index contributed by atoms with van der Waals surface area (Å²) in [7, 11) is 0.760. The van der Waals surface area contributed by atoms with E-state index in [9.17, 15) is 0 Å². The van der Waals surface area contributed by atoms with Crippen LogP contribution in [-0.4, -0.2) is 34.9 Å². The lowest BCUT2D eigenvalue weighted by Crippen LogP contribution is -2.42. The second-order valence-electron chi connectivity index (χ2n) is 6.72. The van der Waals surface area contributed by atoms with Gasteiger partial charge in [0.05, 0.1) is 6.61 Å². The van der Waals surface area contributed by atoms with Gasteiger partial charge in [-0.1, -0.05) is 46.5 Å². The maximum atomic E-state index is 5.06. The summed E-state index contributed by atoms with van der Waals surface area (Å²) in [6.07, 6.45) is 0. The molecule has 0 heterocycles. The van der Waals surface area contributed by atoms with Gasteiger partial charge < -0.3 is 10.1 Å². The number of nitrogens with one attached hydrogen (secondary N) is 1. The molecule has 98 valence electrons. The first-order valence-corrected chi connectivity index (χ1v) is 10.1. The Morgan fingerprint density at radius 3 is 2.19 bits per heavy atom. The fourth-order valence-corrected chi connectivity index (χ4v) is 5.19. The van der Waals surface area contributed by atoms with Crippen molar-refractivity contribution in [3.05, 3.63) is 0 Å². The van der Waals surface area contributed by atoms with Crippen LogP contribution in [0.2, 0.25) is 25.7 Å². The highest BCUT2D eigenvalue weighted by molar-refractivity contribution is 6.76. The Hall–Kier alpha value is 0.137. The van der Waals surface area contributed by atoms with Crippen molar-refractivity contribution >= 4 is 8.07 Å². The van der Waals surface area contributed by atoms with Crippen molar-refractivity contribution < 1.29 is 4.74 Å².